The molecule has 0 radical (unpaired) electrons. The zero-order chi connectivity index (χ0) is 11.5. The van der Waals surface area contributed by atoms with Crippen LogP contribution in [0.25, 0.3) is 0 Å². The van der Waals surface area contributed by atoms with E-state index in [1.807, 2.05) is 31.6 Å². The highest BCUT2D eigenvalue weighted by atomic mass is 35.5. The van der Waals surface area contributed by atoms with Gasteiger partial charge >= 0.3 is 0 Å². The van der Waals surface area contributed by atoms with Gasteiger partial charge < -0.3 is 4.90 Å². The Labute approximate surface area is 104 Å². The molecule has 84 valence electrons. The number of aryl methyl sites for hydroxylation is 1. The van der Waals surface area contributed by atoms with Crippen molar-refractivity contribution in [1.82, 2.24) is 9.97 Å². The molecule has 0 saturated carbocycles. The molecule has 2 heterocycles. The summed E-state index contributed by atoms with van der Waals surface area (Å²) < 4.78 is 0. The third-order valence-electron chi connectivity index (χ3n) is 2.33. The maximum Gasteiger partial charge on any atom is 0.128 e. The predicted octanol–water partition coefficient (Wildman–Crippen LogP) is 3.14. The Hall–Kier alpha value is -1.13. The summed E-state index contributed by atoms with van der Waals surface area (Å²) in [5.41, 5.74) is 2.96. The van der Waals surface area contributed by atoms with E-state index in [1.54, 1.807) is 17.5 Å². The summed E-state index contributed by atoms with van der Waals surface area (Å²) in [6.07, 6.45) is 1.66. The van der Waals surface area contributed by atoms with E-state index in [9.17, 15) is 0 Å². The molecule has 0 saturated heterocycles. The largest absolute Gasteiger partial charge is 0.354 e. The Balaban J connectivity index is 2.11. The van der Waals surface area contributed by atoms with Gasteiger partial charge in [0.05, 0.1) is 22.8 Å². The van der Waals surface area contributed by atoms with Gasteiger partial charge in [-0.1, -0.05) is 11.6 Å². The van der Waals surface area contributed by atoms with Crippen LogP contribution in [0.15, 0.2) is 23.8 Å². The molecule has 0 atom stereocenters. The van der Waals surface area contributed by atoms with Gasteiger partial charge in [-0.05, 0) is 19.1 Å². The van der Waals surface area contributed by atoms with Crippen molar-refractivity contribution in [2.24, 2.45) is 0 Å². The number of hydrogen-bond donors (Lipinski definition) is 0. The Morgan fingerprint density at radius 3 is 2.75 bits per heavy atom. The molecule has 16 heavy (non-hydrogen) atoms. The third-order valence-corrected chi connectivity index (χ3v) is 3.47. The molecule has 0 unspecified atom stereocenters. The van der Waals surface area contributed by atoms with Crippen LogP contribution in [0.1, 0.15) is 10.6 Å². The summed E-state index contributed by atoms with van der Waals surface area (Å²) >= 11 is 7.46. The second kappa shape index (κ2) is 4.80. The Bertz CT molecular complexity index is 466. The lowest BCUT2D eigenvalue weighted by atomic mass is 10.3. The lowest BCUT2D eigenvalue weighted by molar-refractivity contribution is 0.901. The third kappa shape index (κ3) is 2.51. The highest BCUT2D eigenvalue weighted by Crippen LogP contribution is 2.19. The molecular formula is C11H12ClN3S. The lowest BCUT2D eigenvalue weighted by Gasteiger charge is -2.17. The molecule has 0 aliphatic rings. The van der Waals surface area contributed by atoms with E-state index >= 15 is 0 Å². The van der Waals surface area contributed by atoms with Crippen molar-refractivity contribution in [2.45, 2.75) is 13.5 Å². The fourth-order valence-corrected chi connectivity index (χ4v) is 2.31. The van der Waals surface area contributed by atoms with Crippen molar-refractivity contribution in [3.8, 4) is 0 Å². The Morgan fingerprint density at radius 1 is 1.38 bits per heavy atom. The van der Waals surface area contributed by atoms with Crippen molar-refractivity contribution in [1.29, 1.82) is 0 Å². The van der Waals surface area contributed by atoms with Gasteiger partial charge in [-0.15, -0.1) is 11.3 Å². The molecule has 0 amide bonds. The van der Waals surface area contributed by atoms with Gasteiger partial charge in [0.2, 0.25) is 0 Å². The lowest BCUT2D eigenvalue weighted by Crippen LogP contribution is -2.17. The molecular weight excluding hydrogens is 242 g/mol. The van der Waals surface area contributed by atoms with E-state index in [-0.39, 0.29) is 0 Å². The average molecular weight is 254 g/mol. The minimum Gasteiger partial charge on any atom is -0.354 e. The number of pyridine rings is 1. The molecule has 0 bridgehead atoms. The Morgan fingerprint density at radius 2 is 2.19 bits per heavy atom. The summed E-state index contributed by atoms with van der Waals surface area (Å²) in [5, 5.41) is 0.658. The highest BCUT2D eigenvalue weighted by Gasteiger charge is 2.07. The van der Waals surface area contributed by atoms with Gasteiger partial charge in [-0.2, -0.15) is 0 Å². The van der Waals surface area contributed by atoms with Crippen LogP contribution in [-0.2, 0) is 6.54 Å². The maximum absolute atomic E-state index is 5.80. The first-order valence-corrected chi connectivity index (χ1v) is 6.14. The fraction of sp³-hybridized carbons (Fsp3) is 0.273. The normalized spacial score (nSPS) is 10.4. The van der Waals surface area contributed by atoms with E-state index in [0.717, 1.165) is 18.1 Å². The van der Waals surface area contributed by atoms with Crippen molar-refractivity contribution >= 4 is 28.8 Å². The van der Waals surface area contributed by atoms with E-state index in [0.29, 0.717) is 5.02 Å². The van der Waals surface area contributed by atoms with E-state index in [2.05, 4.69) is 14.9 Å². The number of nitrogens with zero attached hydrogens (tertiary/aromatic N) is 3. The van der Waals surface area contributed by atoms with Crippen molar-refractivity contribution in [3.63, 3.8) is 0 Å². The Kier molecular flexibility index (Phi) is 3.41. The van der Waals surface area contributed by atoms with Crippen LogP contribution in [0.3, 0.4) is 0 Å². The molecule has 2 rings (SSSR count). The number of anilines is 1. The average Bonchev–Trinajstić information content (AvgIpc) is 2.65. The van der Waals surface area contributed by atoms with Crippen molar-refractivity contribution < 1.29 is 0 Å². The molecule has 2 aromatic heterocycles. The smallest absolute Gasteiger partial charge is 0.128 e. The molecule has 0 N–H and O–H groups in total. The van der Waals surface area contributed by atoms with Crippen LogP contribution in [0.2, 0.25) is 5.02 Å². The van der Waals surface area contributed by atoms with Gasteiger partial charge in [-0.25, -0.2) is 9.97 Å². The molecule has 0 aromatic carbocycles. The first kappa shape index (κ1) is 11.4. The molecule has 0 spiro atoms. The first-order chi connectivity index (χ1) is 7.66. The van der Waals surface area contributed by atoms with Crippen molar-refractivity contribution in [3.05, 3.63) is 39.4 Å². The van der Waals surface area contributed by atoms with Crippen LogP contribution in [-0.4, -0.2) is 17.0 Å². The summed E-state index contributed by atoms with van der Waals surface area (Å²) in [7, 11) is 2.01. The van der Waals surface area contributed by atoms with Crippen LogP contribution in [0.4, 0.5) is 5.82 Å². The quantitative estimate of drug-likeness (QED) is 0.842. The van der Waals surface area contributed by atoms with Crippen LogP contribution < -0.4 is 4.90 Å². The maximum atomic E-state index is 5.80. The molecule has 5 heteroatoms. The van der Waals surface area contributed by atoms with Gasteiger partial charge in [0.15, 0.2) is 0 Å². The minimum absolute atomic E-state index is 0.658. The van der Waals surface area contributed by atoms with Gasteiger partial charge in [0, 0.05) is 18.1 Å². The fourth-order valence-electron chi connectivity index (χ4n) is 1.37. The second-order valence-electron chi connectivity index (χ2n) is 3.55. The second-order valence-corrected chi connectivity index (χ2v) is 4.93. The monoisotopic (exact) mass is 253 g/mol. The molecule has 0 aliphatic carbocycles. The number of rotatable bonds is 3. The SMILES string of the molecule is Cc1ncsc1CN(C)c1ccc(Cl)cn1. The summed E-state index contributed by atoms with van der Waals surface area (Å²) in [6, 6.07) is 3.76. The van der Waals surface area contributed by atoms with Crippen LogP contribution in [0.5, 0.6) is 0 Å². The van der Waals surface area contributed by atoms with Crippen LogP contribution >= 0.6 is 22.9 Å². The zero-order valence-electron chi connectivity index (χ0n) is 9.14. The molecule has 2 aromatic rings. The van der Waals surface area contributed by atoms with Crippen LogP contribution in [0, 0.1) is 6.92 Å². The molecule has 0 aliphatic heterocycles. The predicted molar refractivity (Wildman–Crippen MR) is 68.2 cm³/mol. The summed E-state index contributed by atoms with van der Waals surface area (Å²) in [5.74, 6) is 0.914. The number of hydrogen-bond acceptors (Lipinski definition) is 4. The van der Waals surface area contributed by atoms with Crippen molar-refractivity contribution in [2.75, 3.05) is 11.9 Å². The topological polar surface area (TPSA) is 29.0 Å². The first-order valence-electron chi connectivity index (χ1n) is 4.88. The number of halogens is 1. The van der Waals surface area contributed by atoms with E-state index in [4.69, 9.17) is 11.6 Å². The van der Waals surface area contributed by atoms with Gasteiger partial charge in [0.1, 0.15) is 5.82 Å². The highest BCUT2D eigenvalue weighted by molar-refractivity contribution is 7.09. The number of aromatic nitrogens is 2. The zero-order valence-corrected chi connectivity index (χ0v) is 10.7. The van der Waals surface area contributed by atoms with E-state index < -0.39 is 0 Å². The van der Waals surface area contributed by atoms with E-state index in [1.165, 1.54) is 4.88 Å². The summed E-state index contributed by atoms with van der Waals surface area (Å²) in [6.45, 7) is 2.85. The minimum atomic E-state index is 0.658. The van der Waals surface area contributed by atoms with Gasteiger partial charge in [-0.3, -0.25) is 0 Å². The molecule has 0 fully saturated rings. The number of thiazole rings is 1. The standard InChI is InChI=1S/C11H12ClN3S/c1-8-10(16-7-14-8)6-15(2)11-4-3-9(12)5-13-11/h3-5,7H,6H2,1-2H3. The van der Waals surface area contributed by atoms with Gasteiger partial charge in [0.25, 0.3) is 0 Å². The molecule has 3 nitrogen and oxygen atoms in total. The summed E-state index contributed by atoms with van der Waals surface area (Å²) in [4.78, 5) is 11.8.